The van der Waals surface area contributed by atoms with Gasteiger partial charge in [0, 0.05) is 13.2 Å². The Bertz CT molecular complexity index is 523. The molecule has 2 unspecified atom stereocenters. The molecular weight excluding hydrogens is 308 g/mol. The number of benzene rings is 2. The molecular formula is C18H24O4Si. The summed E-state index contributed by atoms with van der Waals surface area (Å²) in [6, 6.07) is 18.5. The molecule has 0 bridgehead atoms. The van der Waals surface area contributed by atoms with E-state index in [-0.39, 0.29) is 0 Å². The van der Waals surface area contributed by atoms with Gasteiger partial charge in [-0.05, 0) is 25.0 Å². The molecule has 0 aliphatic rings. The Morgan fingerprint density at radius 3 is 1.39 bits per heavy atom. The number of hydrogen-bond donors (Lipinski definition) is 2. The zero-order valence-corrected chi connectivity index (χ0v) is 14.6. The molecule has 2 atom stereocenters. The summed E-state index contributed by atoms with van der Waals surface area (Å²) in [6.45, 7) is 4.41. The van der Waals surface area contributed by atoms with Gasteiger partial charge in [0.15, 0.2) is 0 Å². The maximum absolute atomic E-state index is 11.0. The van der Waals surface area contributed by atoms with E-state index in [0.29, 0.717) is 24.3 Å². The lowest BCUT2D eigenvalue weighted by molar-refractivity contribution is 0.0618. The molecule has 0 aromatic heterocycles. The van der Waals surface area contributed by atoms with Crippen LogP contribution in [0.2, 0.25) is 0 Å². The van der Waals surface area contributed by atoms with Gasteiger partial charge in [-0.3, -0.25) is 0 Å². The highest BCUT2D eigenvalue weighted by Crippen LogP contribution is 2.36. The predicted molar refractivity (Wildman–Crippen MR) is 91.8 cm³/mol. The maximum atomic E-state index is 11.0. The Morgan fingerprint density at radius 2 is 1.09 bits per heavy atom. The first kappa shape index (κ1) is 17.8. The number of rotatable bonds is 8. The molecule has 0 saturated carbocycles. The van der Waals surface area contributed by atoms with E-state index in [1.54, 1.807) is 0 Å². The molecule has 0 fully saturated rings. The summed E-state index contributed by atoms with van der Waals surface area (Å²) in [6.07, 6.45) is 0. The maximum Gasteiger partial charge on any atom is 0.406 e. The van der Waals surface area contributed by atoms with Crippen LogP contribution in [0, 0.1) is 0 Å². The van der Waals surface area contributed by atoms with Crippen LogP contribution >= 0.6 is 0 Å². The first-order valence-corrected chi connectivity index (χ1v) is 9.86. The van der Waals surface area contributed by atoms with Crippen LogP contribution in [0.3, 0.4) is 0 Å². The van der Waals surface area contributed by atoms with Crippen LogP contribution in [0.1, 0.15) is 36.4 Å². The smallest absolute Gasteiger partial charge is 0.391 e. The Labute approximate surface area is 138 Å². The molecule has 0 aliphatic heterocycles. The normalized spacial score (nSPS) is 14.4. The van der Waals surface area contributed by atoms with Crippen LogP contribution in [0.4, 0.5) is 0 Å². The van der Waals surface area contributed by atoms with Crippen LogP contribution in [0.25, 0.3) is 0 Å². The lowest BCUT2D eigenvalue weighted by Gasteiger charge is -2.37. The van der Waals surface area contributed by atoms with Gasteiger partial charge < -0.3 is 19.1 Å². The molecule has 0 saturated heterocycles. The average Bonchev–Trinajstić information content (AvgIpc) is 2.61. The molecule has 0 heterocycles. The summed E-state index contributed by atoms with van der Waals surface area (Å²) in [5, 5.41) is 22.0. The standard InChI is InChI=1S/C18H24O4Si/c1-3-21-23(22-4-2,17(19)15-11-7-5-8-12-15)18(20)16-13-9-6-10-14-16/h5-14,17-20H,3-4H2,1-2H3. The molecule has 2 aromatic rings. The monoisotopic (exact) mass is 332 g/mol. The second kappa shape index (κ2) is 8.38. The minimum Gasteiger partial charge on any atom is -0.391 e. The SMILES string of the molecule is CCO[Si](OCC)(C(O)c1ccccc1)C(O)c1ccccc1. The minimum absolute atomic E-state index is 0.361. The van der Waals surface area contributed by atoms with Crippen molar-refractivity contribution in [2.24, 2.45) is 0 Å². The fourth-order valence-corrected chi connectivity index (χ4v) is 5.92. The van der Waals surface area contributed by atoms with Crippen molar-refractivity contribution in [3.63, 3.8) is 0 Å². The lowest BCUT2D eigenvalue weighted by atomic mass is 10.2. The predicted octanol–water partition coefficient (Wildman–Crippen LogP) is 3.05. The van der Waals surface area contributed by atoms with Crippen molar-refractivity contribution in [3.05, 3.63) is 71.8 Å². The van der Waals surface area contributed by atoms with Gasteiger partial charge in [-0.1, -0.05) is 60.7 Å². The van der Waals surface area contributed by atoms with E-state index in [4.69, 9.17) is 8.85 Å². The Morgan fingerprint density at radius 1 is 0.739 bits per heavy atom. The molecule has 2 N–H and O–H groups in total. The average molecular weight is 332 g/mol. The van der Waals surface area contributed by atoms with E-state index >= 15 is 0 Å². The van der Waals surface area contributed by atoms with Gasteiger partial charge in [-0.2, -0.15) is 0 Å². The van der Waals surface area contributed by atoms with Gasteiger partial charge in [-0.25, -0.2) is 0 Å². The van der Waals surface area contributed by atoms with Gasteiger partial charge in [0.1, 0.15) is 11.5 Å². The first-order valence-electron chi connectivity index (χ1n) is 7.89. The van der Waals surface area contributed by atoms with Crippen LogP contribution in [-0.4, -0.2) is 32.0 Å². The molecule has 0 spiro atoms. The summed E-state index contributed by atoms with van der Waals surface area (Å²) in [5.41, 5.74) is -0.593. The molecule has 2 rings (SSSR count). The highest BCUT2D eigenvalue weighted by atomic mass is 28.4. The number of aliphatic hydroxyl groups is 2. The van der Waals surface area contributed by atoms with Crippen molar-refractivity contribution < 1.29 is 19.1 Å². The van der Waals surface area contributed by atoms with E-state index in [9.17, 15) is 10.2 Å². The zero-order valence-electron chi connectivity index (χ0n) is 13.6. The second-order valence-electron chi connectivity index (χ2n) is 5.21. The first-order chi connectivity index (χ1) is 11.2. The van der Waals surface area contributed by atoms with Gasteiger partial charge in [-0.15, -0.1) is 0 Å². The third-order valence-electron chi connectivity index (χ3n) is 3.73. The van der Waals surface area contributed by atoms with Gasteiger partial charge in [0.25, 0.3) is 0 Å². The molecule has 2 aromatic carbocycles. The van der Waals surface area contributed by atoms with E-state index in [2.05, 4.69) is 0 Å². The van der Waals surface area contributed by atoms with Crippen molar-refractivity contribution in [1.82, 2.24) is 0 Å². The molecule has 5 heteroatoms. The molecule has 0 radical (unpaired) electrons. The van der Waals surface area contributed by atoms with E-state index in [1.807, 2.05) is 74.5 Å². The summed E-state index contributed by atoms with van der Waals surface area (Å²) in [5.74, 6) is 0. The fourth-order valence-electron chi connectivity index (χ4n) is 2.69. The van der Waals surface area contributed by atoms with Crippen molar-refractivity contribution in [2.45, 2.75) is 25.3 Å². The summed E-state index contributed by atoms with van der Waals surface area (Å²) in [4.78, 5) is 0. The summed E-state index contributed by atoms with van der Waals surface area (Å²) < 4.78 is 11.8. The zero-order chi connectivity index (χ0) is 16.7. The largest absolute Gasteiger partial charge is 0.406 e. The summed E-state index contributed by atoms with van der Waals surface area (Å²) in [7, 11) is -3.37. The van der Waals surface area contributed by atoms with Gasteiger partial charge >= 0.3 is 8.56 Å². The number of aliphatic hydroxyl groups excluding tert-OH is 2. The van der Waals surface area contributed by atoms with E-state index < -0.39 is 20.0 Å². The van der Waals surface area contributed by atoms with Crippen LogP contribution < -0.4 is 0 Å². The van der Waals surface area contributed by atoms with Crippen molar-refractivity contribution in [1.29, 1.82) is 0 Å². The molecule has 0 amide bonds. The van der Waals surface area contributed by atoms with Gasteiger partial charge in [0.05, 0.1) is 0 Å². The highest BCUT2D eigenvalue weighted by molar-refractivity contribution is 6.69. The summed E-state index contributed by atoms with van der Waals surface area (Å²) >= 11 is 0. The van der Waals surface area contributed by atoms with Crippen molar-refractivity contribution in [3.8, 4) is 0 Å². The lowest BCUT2D eigenvalue weighted by Crippen LogP contribution is -2.54. The Hall–Kier alpha value is -1.50. The molecule has 124 valence electrons. The van der Waals surface area contributed by atoms with Crippen LogP contribution in [0.5, 0.6) is 0 Å². The Kier molecular flexibility index (Phi) is 6.50. The Balaban J connectivity index is 2.46. The van der Waals surface area contributed by atoms with Crippen LogP contribution in [0.15, 0.2) is 60.7 Å². The third-order valence-corrected chi connectivity index (χ3v) is 7.40. The van der Waals surface area contributed by atoms with Gasteiger partial charge in [0.2, 0.25) is 0 Å². The van der Waals surface area contributed by atoms with E-state index in [1.165, 1.54) is 0 Å². The second-order valence-corrected chi connectivity index (χ2v) is 8.33. The molecule has 4 nitrogen and oxygen atoms in total. The quantitative estimate of drug-likeness (QED) is 0.730. The fraction of sp³-hybridized carbons (Fsp3) is 0.333. The molecule has 0 aliphatic carbocycles. The van der Waals surface area contributed by atoms with E-state index in [0.717, 1.165) is 0 Å². The van der Waals surface area contributed by atoms with Crippen molar-refractivity contribution in [2.75, 3.05) is 13.2 Å². The highest BCUT2D eigenvalue weighted by Gasteiger charge is 2.53. The van der Waals surface area contributed by atoms with Crippen LogP contribution in [-0.2, 0) is 8.85 Å². The van der Waals surface area contributed by atoms with Crippen molar-refractivity contribution >= 4 is 8.56 Å². The number of hydrogen-bond acceptors (Lipinski definition) is 4. The molecule has 23 heavy (non-hydrogen) atoms. The topological polar surface area (TPSA) is 58.9 Å². The minimum atomic E-state index is -3.37. The third kappa shape index (κ3) is 3.88.